The van der Waals surface area contributed by atoms with Crippen LogP contribution < -0.4 is 17.3 Å². The predicted molar refractivity (Wildman–Crippen MR) is 48.8 cm³/mol. The van der Waals surface area contributed by atoms with E-state index in [1.165, 1.54) is 16.0 Å². The number of nitrogens with two attached hydrogens (primary N) is 3. The molecule has 0 atom stereocenters. The SMILES string of the molecule is Nc1c(N)n(N)c2sccc12. The third-order valence-electron chi connectivity index (χ3n) is 1.69. The summed E-state index contributed by atoms with van der Waals surface area (Å²) in [5, 5.41) is 2.87. The van der Waals surface area contributed by atoms with E-state index in [0.717, 1.165) is 10.2 Å². The minimum absolute atomic E-state index is 0.437. The molecule has 0 aromatic carbocycles. The Balaban J connectivity index is 3.00. The van der Waals surface area contributed by atoms with E-state index in [9.17, 15) is 0 Å². The van der Waals surface area contributed by atoms with Crippen LogP contribution >= 0.6 is 11.3 Å². The van der Waals surface area contributed by atoms with Crippen LogP contribution in [0.4, 0.5) is 11.5 Å². The number of fused-ring (bicyclic) bond motifs is 1. The summed E-state index contributed by atoms with van der Waals surface area (Å²) in [5.41, 5.74) is 11.8. The Morgan fingerprint density at radius 3 is 2.73 bits per heavy atom. The van der Waals surface area contributed by atoms with Crippen molar-refractivity contribution in [3.8, 4) is 0 Å². The topological polar surface area (TPSA) is 83.0 Å². The Hall–Kier alpha value is -1.36. The fourth-order valence-electron chi connectivity index (χ4n) is 1.07. The molecule has 4 nitrogen and oxygen atoms in total. The quantitative estimate of drug-likeness (QED) is 0.503. The van der Waals surface area contributed by atoms with Crippen molar-refractivity contribution in [2.45, 2.75) is 0 Å². The molecular formula is C6H8N4S. The highest BCUT2D eigenvalue weighted by molar-refractivity contribution is 7.17. The van der Waals surface area contributed by atoms with Gasteiger partial charge in [-0.3, -0.25) is 0 Å². The average molecular weight is 168 g/mol. The molecule has 0 unspecified atom stereocenters. The Morgan fingerprint density at radius 1 is 1.36 bits per heavy atom. The zero-order valence-electron chi connectivity index (χ0n) is 5.74. The summed E-state index contributed by atoms with van der Waals surface area (Å²) in [5.74, 6) is 6.04. The molecule has 2 rings (SSSR count). The summed E-state index contributed by atoms with van der Waals surface area (Å²) in [4.78, 5) is 0.917. The first-order valence-electron chi connectivity index (χ1n) is 3.09. The Morgan fingerprint density at radius 2 is 2.09 bits per heavy atom. The van der Waals surface area contributed by atoms with Gasteiger partial charge in [-0.05, 0) is 11.4 Å². The highest BCUT2D eigenvalue weighted by Crippen LogP contribution is 2.31. The predicted octanol–water partition coefficient (Wildman–Crippen LogP) is 0.581. The van der Waals surface area contributed by atoms with E-state index in [0.29, 0.717) is 11.5 Å². The van der Waals surface area contributed by atoms with Crippen LogP contribution in [0.5, 0.6) is 0 Å². The molecule has 0 saturated heterocycles. The van der Waals surface area contributed by atoms with Crippen molar-refractivity contribution in [2.75, 3.05) is 17.3 Å². The van der Waals surface area contributed by atoms with Gasteiger partial charge in [-0.1, -0.05) is 0 Å². The fourth-order valence-corrected chi connectivity index (χ4v) is 1.92. The van der Waals surface area contributed by atoms with Crippen LogP contribution in [0.2, 0.25) is 0 Å². The standard InChI is InChI=1S/C6H8N4S/c7-4-3-1-2-11-6(3)10(9)5(4)8/h1-2H,7-9H2. The van der Waals surface area contributed by atoms with E-state index in [4.69, 9.17) is 17.3 Å². The molecule has 6 N–H and O–H groups in total. The summed E-state index contributed by atoms with van der Waals surface area (Å²) >= 11 is 1.53. The molecule has 58 valence electrons. The van der Waals surface area contributed by atoms with E-state index in [2.05, 4.69) is 0 Å². The zero-order chi connectivity index (χ0) is 8.01. The van der Waals surface area contributed by atoms with Gasteiger partial charge in [0.05, 0.1) is 5.69 Å². The van der Waals surface area contributed by atoms with E-state index >= 15 is 0 Å². The maximum Gasteiger partial charge on any atom is 0.147 e. The molecule has 0 aliphatic carbocycles. The largest absolute Gasteiger partial charge is 0.395 e. The maximum absolute atomic E-state index is 5.66. The Bertz CT molecular complexity index is 365. The minimum atomic E-state index is 0.437. The van der Waals surface area contributed by atoms with E-state index in [-0.39, 0.29) is 0 Å². The van der Waals surface area contributed by atoms with Gasteiger partial charge in [0.15, 0.2) is 0 Å². The van der Waals surface area contributed by atoms with Crippen molar-refractivity contribution < 1.29 is 0 Å². The van der Waals surface area contributed by atoms with E-state index in [1.807, 2.05) is 11.4 Å². The second-order valence-corrected chi connectivity index (χ2v) is 3.20. The van der Waals surface area contributed by atoms with Gasteiger partial charge in [-0.15, -0.1) is 11.3 Å². The van der Waals surface area contributed by atoms with Crippen molar-refractivity contribution in [3.63, 3.8) is 0 Å². The number of hydrogen-bond acceptors (Lipinski definition) is 4. The summed E-state index contributed by atoms with van der Waals surface area (Å²) in [6.07, 6.45) is 0. The second kappa shape index (κ2) is 1.82. The fraction of sp³-hybridized carbons (Fsp3) is 0. The molecule has 0 bridgehead atoms. The highest BCUT2D eigenvalue weighted by Gasteiger charge is 2.10. The monoisotopic (exact) mass is 168 g/mol. The maximum atomic E-state index is 5.66. The van der Waals surface area contributed by atoms with Crippen molar-refractivity contribution in [2.24, 2.45) is 0 Å². The van der Waals surface area contributed by atoms with Crippen molar-refractivity contribution in [1.82, 2.24) is 4.68 Å². The molecule has 2 heterocycles. The first kappa shape index (κ1) is 6.36. The van der Waals surface area contributed by atoms with Gasteiger partial charge in [-0.2, -0.15) is 0 Å². The third-order valence-corrected chi connectivity index (χ3v) is 2.60. The zero-order valence-corrected chi connectivity index (χ0v) is 6.56. The van der Waals surface area contributed by atoms with Crippen molar-refractivity contribution in [1.29, 1.82) is 0 Å². The molecule has 5 heteroatoms. The van der Waals surface area contributed by atoms with Gasteiger partial charge in [0, 0.05) is 5.39 Å². The van der Waals surface area contributed by atoms with Gasteiger partial charge < -0.3 is 17.3 Å². The summed E-state index contributed by atoms with van der Waals surface area (Å²) in [6.45, 7) is 0. The molecular weight excluding hydrogens is 160 g/mol. The van der Waals surface area contributed by atoms with Gasteiger partial charge in [0.2, 0.25) is 0 Å². The normalized spacial score (nSPS) is 10.9. The molecule has 11 heavy (non-hydrogen) atoms. The van der Waals surface area contributed by atoms with Crippen LogP contribution in [-0.2, 0) is 0 Å². The van der Waals surface area contributed by atoms with Crippen LogP contribution in [-0.4, -0.2) is 4.68 Å². The van der Waals surface area contributed by atoms with Crippen molar-refractivity contribution >= 4 is 33.1 Å². The third kappa shape index (κ3) is 0.627. The van der Waals surface area contributed by atoms with E-state index in [1.54, 1.807) is 0 Å². The van der Waals surface area contributed by atoms with Crippen LogP contribution in [0.15, 0.2) is 11.4 Å². The summed E-state index contributed by atoms with van der Waals surface area (Å²) in [7, 11) is 0. The minimum Gasteiger partial charge on any atom is -0.395 e. The number of rotatable bonds is 0. The molecule has 0 spiro atoms. The summed E-state index contributed by atoms with van der Waals surface area (Å²) < 4.78 is 1.41. The number of hydrogen-bond donors (Lipinski definition) is 3. The van der Waals surface area contributed by atoms with Gasteiger partial charge in [0.1, 0.15) is 10.6 Å². The molecule has 0 aliphatic heterocycles. The van der Waals surface area contributed by atoms with Gasteiger partial charge in [0.25, 0.3) is 0 Å². The molecule has 0 radical (unpaired) electrons. The van der Waals surface area contributed by atoms with Crippen LogP contribution in [0.25, 0.3) is 10.2 Å². The molecule has 2 aromatic rings. The van der Waals surface area contributed by atoms with E-state index < -0.39 is 0 Å². The lowest BCUT2D eigenvalue weighted by molar-refractivity contribution is 1.09. The first-order chi connectivity index (χ1) is 5.22. The molecule has 0 aliphatic rings. The Labute approximate surface area is 67.2 Å². The lowest BCUT2D eigenvalue weighted by Crippen LogP contribution is -2.10. The average Bonchev–Trinajstić information content (AvgIpc) is 2.53. The first-order valence-corrected chi connectivity index (χ1v) is 3.97. The number of nitrogen functional groups attached to an aromatic ring is 3. The number of thiophene rings is 1. The van der Waals surface area contributed by atoms with Crippen LogP contribution in [0.3, 0.4) is 0 Å². The van der Waals surface area contributed by atoms with Crippen LogP contribution in [0, 0.1) is 0 Å². The van der Waals surface area contributed by atoms with Gasteiger partial charge >= 0.3 is 0 Å². The number of anilines is 2. The van der Waals surface area contributed by atoms with Crippen LogP contribution in [0.1, 0.15) is 0 Å². The second-order valence-electron chi connectivity index (χ2n) is 2.31. The lowest BCUT2D eigenvalue weighted by Gasteiger charge is -1.95. The highest BCUT2D eigenvalue weighted by atomic mass is 32.1. The number of aromatic nitrogens is 1. The molecule has 0 amide bonds. The molecule has 0 saturated carbocycles. The smallest absolute Gasteiger partial charge is 0.147 e. The Kier molecular flexibility index (Phi) is 1.05. The van der Waals surface area contributed by atoms with Crippen molar-refractivity contribution in [3.05, 3.63) is 11.4 Å². The molecule has 2 aromatic heterocycles. The van der Waals surface area contributed by atoms with Gasteiger partial charge in [-0.25, -0.2) is 4.68 Å². The summed E-state index contributed by atoms with van der Waals surface area (Å²) in [6, 6.07) is 1.91. The number of nitrogens with zero attached hydrogens (tertiary/aromatic N) is 1. The lowest BCUT2D eigenvalue weighted by atomic mass is 10.3. The molecule has 0 fully saturated rings.